The zero-order valence-corrected chi connectivity index (χ0v) is 11.2. The van der Waals surface area contributed by atoms with Gasteiger partial charge in [0, 0.05) is 43.9 Å². The van der Waals surface area contributed by atoms with Crippen LogP contribution < -0.4 is 16.0 Å². The van der Waals surface area contributed by atoms with Crippen LogP contribution in [0.3, 0.4) is 0 Å². The second-order valence-electron chi connectivity index (χ2n) is 4.86. The molecule has 1 aromatic rings. The fourth-order valence-electron chi connectivity index (χ4n) is 2.50. The second kappa shape index (κ2) is 6.02. The molecule has 2 rings (SSSR count). The number of hydrogen-bond donors (Lipinski definition) is 2. The second-order valence-corrected chi connectivity index (χ2v) is 4.86. The van der Waals surface area contributed by atoms with E-state index < -0.39 is 0 Å². The Morgan fingerprint density at radius 3 is 2.68 bits per heavy atom. The first-order valence-corrected chi connectivity index (χ1v) is 6.60. The Hall–Kier alpha value is -1.62. The van der Waals surface area contributed by atoms with E-state index in [0.717, 1.165) is 31.6 Å². The van der Waals surface area contributed by atoms with Crippen LogP contribution in [0.2, 0.25) is 0 Å². The number of carbonyl (C=O) groups excluding carboxylic acids is 1. The number of piperidine rings is 1. The molecule has 1 aromatic carbocycles. The summed E-state index contributed by atoms with van der Waals surface area (Å²) >= 11 is 0. The maximum absolute atomic E-state index is 13.7. The molecule has 104 valence electrons. The predicted octanol–water partition coefficient (Wildman–Crippen LogP) is 1.25. The summed E-state index contributed by atoms with van der Waals surface area (Å²) in [7, 11) is 1.66. The number of rotatable bonds is 3. The molecule has 0 aromatic heterocycles. The van der Waals surface area contributed by atoms with Gasteiger partial charge >= 0.3 is 0 Å². The molecular formula is C14H20FN3O. The number of benzene rings is 1. The van der Waals surface area contributed by atoms with Gasteiger partial charge in [-0.1, -0.05) is 6.07 Å². The summed E-state index contributed by atoms with van der Waals surface area (Å²) in [5.41, 5.74) is 6.85. The summed E-state index contributed by atoms with van der Waals surface area (Å²) in [4.78, 5) is 13.7. The molecule has 19 heavy (non-hydrogen) atoms. The van der Waals surface area contributed by atoms with Crippen molar-refractivity contribution in [3.63, 3.8) is 0 Å². The number of hydrogen-bond acceptors (Lipinski definition) is 3. The van der Waals surface area contributed by atoms with Crippen molar-refractivity contribution in [3.8, 4) is 0 Å². The quantitative estimate of drug-likeness (QED) is 0.864. The van der Waals surface area contributed by atoms with E-state index in [-0.39, 0.29) is 24.2 Å². The minimum Gasteiger partial charge on any atom is -0.371 e. The first kappa shape index (κ1) is 13.8. The monoisotopic (exact) mass is 265 g/mol. The van der Waals surface area contributed by atoms with Gasteiger partial charge in [0.2, 0.25) is 5.91 Å². The first-order valence-electron chi connectivity index (χ1n) is 6.60. The van der Waals surface area contributed by atoms with Crippen LogP contribution in [-0.4, -0.2) is 26.0 Å². The van der Waals surface area contributed by atoms with E-state index in [2.05, 4.69) is 10.2 Å². The summed E-state index contributed by atoms with van der Waals surface area (Å²) in [5.74, 6) is -0.0767. The van der Waals surface area contributed by atoms with Crippen LogP contribution in [0.4, 0.5) is 10.1 Å². The Labute approximate surface area is 112 Å². The molecule has 1 heterocycles. The Morgan fingerprint density at radius 2 is 2.16 bits per heavy atom. The number of amides is 1. The molecule has 5 heteroatoms. The van der Waals surface area contributed by atoms with Crippen LogP contribution in [0.25, 0.3) is 0 Å². The number of halogens is 1. The van der Waals surface area contributed by atoms with Crippen molar-refractivity contribution in [1.29, 1.82) is 0 Å². The average Bonchev–Trinajstić information content (AvgIpc) is 2.46. The third-order valence-corrected chi connectivity index (χ3v) is 3.73. The van der Waals surface area contributed by atoms with Gasteiger partial charge in [-0.3, -0.25) is 4.79 Å². The van der Waals surface area contributed by atoms with Crippen molar-refractivity contribution in [2.45, 2.75) is 19.4 Å². The minimum atomic E-state index is -0.256. The van der Waals surface area contributed by atoms with Gasteiger partial charge in [0.25, 0.3) is 0 Å². The lowest BCUT2D eigenvalue weighted by Crippen LogP contribution is -2.39. The number of carbonyl (C=O) groups is 1. The van der Waals surface area contributed by atoms with Crippen molar-refractivity contribution in [1.82, 2.24) is 5.32 Å². The summed E-state index contributed by atoms with van der Waals surface area (Å²) in [6, 6.07) is 5.16. The fourth-order valence-corrected chi connectivity index (χ4v) is 2.50. The van der Waals surface area contributed by atoms with Crippen LogP contribution in [0, 0.1) is 11.7 Å². The van der Waals surface area contributed by atoms with Crippen LogP contribution >= 0.6 is 0 Å². The molecule has 0 saturated carbocycles. The maximum Gasteiger partial charge on any atom is 0.222 e. The number of nitrogens with two attached hydrogens (primary N) is 1. The SMILES string of the molecule is CNC(=O)C1CCN(c2ccc(CN)c(F)c2)CC1. The van der Waals surface area contributed by atoms with Crippen LogP contribution in [0.1, 0.15) is 18.4 Å². The van der Waals surface area contributed by atoms with Gasteiger partial charge in [-0.15, -0.1) is 0 Å². The van der Waals surface area contributed by atoms with Gasteiger partial charge in [0.1, 0.15) is 5.82 Å². The fraction of sp³-hybridized carbons (Fsp3) is 0.500. The van der Waals surface area contributed by atoms with Crippen LogP contribution in [-0.2, 0) is 11.3 Å². The van der Waals surface area contributed by atoms with Gasteiger partial charge in [-0.05, 0) is 25.0 Å². The Morgan fingerprint density at radius 1 is 1.47 bits per heavy atom. The smallest absolute Gasteiger partial charge is 0.222 e. The van der Waals surface area contributed by atoms with E-state index in [9.17, 15) is 9.18 Å². The van der Waals surface area contributed by atoms with E-state index >= 15 is 0 Å². The number of anilines is 1. The molecule has 0 atom stereocenters. The minimum absolute atomic E-state index is 0.0782. The molecule has 0 radical (unpaired) electrons. The summed E-state index contributed by atoms with van der Waals surface area (Å²) in [6.45, 7) is 1.77. The lowest BCUT2D eigenvalue weighted by atomic mass is 9.95. The highest BCUT2D eigenvalue weighted by Gasteiger charge is 2.24. The van der Waals surface area contributed by atoms with E-state index in [1.54, 1.807) is 13.1 Å². The van der Waals surface area contributed by atoms with E-state index in [1.807, 2.05) is 6.07 Å². The molecule has 0 spiro atoms. The standard InChI is InChI=1S/C14H20FN3O/c1-17-14(19)10-4-6-18(7-5-10)12-3-2-11(9-16)13(15)8-12/h2-3,8,10H,4-7,9,16H2,1H3,(H,17,19). The molecule has 1 aliphatic rings. The molecule has 4 nitrogen and oxygen atoms in total. The van der Waals surface area contributed by atoms with Crippen molar-refractivity contribution < 1.29 is 9.18 Å². The van der Waals surface area contributed by atoms with Crippen molar-refractivity contribution in [2.24, 2.45) is 11.7 Å². The molecule has 1 aliphatic heterocycles. The molecule has 1 fully saturated rings. The largest absolute Gasteiger partial charge is 0.371 e. The maximum atomic E-state index is 13.7. The van der Waals surface area contributed by atoms with Gasteiger partial charge in [0.05, 0.1) is 0 Å². The lowest BCUT2D eigenvalue weighted by Gasteiger charge is -2.33. The lowest BCUT2D eigenvalue weighted by molar-refractivity contribution is -0.125. The van der Waals surface area contributed by atoms with Gasteiger partial charge in [-0.2, -0.15) is 0 Å². The van der Waals surface area contributed by atoms with E-state index in [4.69, 9.17) is 5.73 Å². The number of nitrogens with zero attached hydrogens (tertiary/aromatic N) is 1. The molecule has 0 unspecified atom stereocenters. The van der Waals surface area contributed by atoms with Crippen molar-refractivity contribution in [2.75, 3.05) is 25.0 Å². The zero-order valence-electron chi connectivity index (χ0n) is 11.2. The first-order chi connectivity index (χ1) is 9.15. The average molecular weight is 265 g/mol. The number of nitrogens with one attached hydrogen (secondary N) is 1. The molecule has 0 aliphatic carbocycles. The van der Waals surface area contributed by atoms with Gasteiger partial charge < -0.3 is 16.0 Å². The van der Waals surface area contributed by atoms with Gasteiger partial charge in [-0.25, -0.2) is 4.39 Å². The molecule has 1 amide bonds. The molecule has 0 bridgehead atoms. The third kappa shape index (κ3) is 3.04. The van der Waals surface area contributed by atoms with E-state index in [1.165, 1.54) is 6.07 Å². The zero-order chi connectivity index (χ0) is 13.8. The van der Waals surface area contributed by atoms with Gasteiger partial charge in [0.15, 0.2) is 0 Å². The Kier molecular flexibility index (Phi) is 4.37. The van der Waals surface area contributed by atoms with Crippen molar-refractivity contribution >= 4 is 11.6 Å². The highest BCUT2D eigenvalue weighted by molar-refractivity contribution is 5.78. The Balaban J connectivity index is 2.01. The summed E-state index contributed by atoms with van der Waals surface area (Å²) in [5, 5.41) is 2.68. The van der Waals surface area contributed by atoms with E-state index in [0.29, 0.717) is 5.56 Å². The Bertz CT molecular complexity index is 456. The summed E-state index contributed by atoms with van der Waals surface area (Å²) < 4.78 is 13.7. The third-order valence-electron chi connectivity index (χ3n) is 3.73. The predicted molar refractivity (Wildman–Crippen MR) is 73.3 cm³/mol. The molecule has 1 saturated heterocycles. The summed E-state index contributed by atoms with van der Waals surface area (Å²) in [6.07, 6.45) is 1.61. The molecule has 3 N–H and O–H groups in total. The molecular weight excluding hydrogens is 245 g/mol. The van der Waals surface area contributed by atoms with Crippen LogP contribution in [0.5, 0.6) is 0 Å². The van der Waals surface area contributed by atoms with Crippen molar-refractivity contribution in [3.05, 3.63) is 29.6 Å². The normalized spacial score (nSPS) is 16.5. The topological polar surface area (TPSA) is 58.4 Å². The van der Waals surface area contributed by atoms with Crippen LogP contribution in [0.15, 0.2) is 18.2 Å². The highest BCUT2D eigenvalue weighted by Crippen LogP contribution is 2.25. The highest BCUT2D eigenvalue weighted by atomic mass is 19.1.